The first-order chi connectivity index (χ1) is 12.5. The maximum atomic E-state index is 12.7. The SMILES string of the molecule is CCOc1cc(/C=N/N2C(=O)C3C4C=CC(CC4)C3C2=O)cc(I)c1O. The van der Waals surface area contributed by atoms with Gasteiger partial charge in [-0.1, -0.05) is 12.2 Å². The fraction of sp³-hybridized carbons (Fsp3) is 0.421. The van der Waals surface area contributed by atoms with Crippen LogP contribution in [0.25, 0.3) is 0 Å². The van der Waals surface area contributed by atoms with Crippen molar-refractivity contribution in [2.75, 3.05) is 6.61 Å². The minimum absolute atomic E-state index is 0.0756. The van der Waals surface area contributed by atoms with E-state index < -0.39 is 0 Å². The molecule has 7 heteroatoms. The Kier molecular flexibility index (Phi) is 4.50. The summed E-state index contributed by atoms with van der Waals surface area (Å²) in [4.78, 5) is 25.5. The third kappa shape index (κ3) is 2.72. The molecule has 2 amide bonds. The zero-order valence-corrected chi connectivity index (χ0v) is 16.4. The van der Waals surface area contributed by atoms with Crippen LogP contribution in [0.4, 0.5) is 0 Å². The van der Waals surface area contributed by atoms with Crippen molar-refractivity contribution in [3.63, 3.8) is 0 Å². The average Bonchev–Trinajstić information content (AvgIpc) is 2.91. The number of carbonyl (C=O) groups excluding carboxylic acids is 2. The van der Waals surface area contributed by atoms with Crippen molar-refractivity contribution >= 4 is 40.6 Å². The largest absolute Gasteiger partial charge is 0.504 e. The van der Waals surface area contributed by atoms with Gasteiger partial charge in [-0.25, -0.2) is 0 Å². The fourth-order valence-corrected chi connectivity index (χ4v) is 4.86. The summed E-state index contributed by atoms with van der Waals surface area (Å²) in [6.07, 6.45) is 7.58. The number of phenolic OH excluding ortho intramolecular Hbond substituents is 1. The van der Waals surface area contributed by atoms with Crippen LogP contribution in [0.2, 0.25) is 0 Å². The van der Waals surface area contributed by atoms with Gasteiger partial charge in [0.25, 0.3) is 11.8 Å². The Morgan fingerprint density at radius 2 is 1.85 bits per heavy atom. The number of amides is 2. The molecule has 3 aliphatic carbocycles. The highest BCUT2D eigenvalue weighted by Crippen LogP contribution is 2.49. The van der Waals surface area contributed by atoms with Crippen LogP contribution in [0.5, 0.6) is 11.5 Å². The van der Waals surface area contributed by atoms with E-state index in [1.165, 1.54) is 6.21 Å². The van der Waals surface area contributed by atoms with Crippen LogP contribution in [0.1, 0.15) is 25.3 Å². The summed E-state index contributed by atoms with van der Waals surface area (Å²) in [5.74, 6) is -0.184. The van der Waals surface area contributed by atoms with Gasteiger partial charge in [-0.3, -0.25) is 9.59 Å². The van der Waals surface area contributed by atoms with Crippen molar-refractivity contribution in [2.24, 2.45) is 28.8 Å². The van der Waals surface area contributed by atoms with Gasteiger partial charge in [-0.05, 0) is 71.9 Å². The summed E-state index contributed by atoms with van der Waals surface area (Å²) in [7, 11) is 0. The first-order valence-corrected chi connectivity index (χ1v) is 9.84. The van der Waals surface area contributed by atoms with E-state index >= 15 is 0 Å². The van der Waals surface area contributed by atoms with Crippen LogP contribution >= 0.6 is 22.6 Å². The number of fused-ring (bicyclic) bond motifs is 1. The van der Waals surface area contributed by atoms with E-state index in [-0.39, 0.29) is 41.2 Å². The Morgan fingerprint density at radius 1 is 1.23 bits per heavy atom. The molecule has 2 bridgehead atoms. The number of ether oxygens (including phenoxy) is 1. The third-order valence-corrected chi connectivity index (χ3v) is 6.23. The van der Waals surface area contributed by atoms with Crippen molar-refractivity contribution < 1.29 is 19.4 Å². The number of hydrazone groups is 1. The number of halogens is 1. The van der Waals surface area contributed by atoms with Crippen LogP contribution in [0.15, 0.2) is 29.4 Å². The summed E-state index contributed by atoms with van der Waals surface area (Å²) < 4.78 is 6.03. The first kappa shape index (κ1) is 17.5. The Hall–Kier alpha value is -1.90. The van der Waals surface area contributed by atoms with Gasteiger partial charge in [0.1, 0.15) is 0 Å². The van der Waals surface area contributed by atoms with Gasteiger partial charge in [0, 0.05) is 0 Å². The average molecular weight is 466 g/mol. The lowest BCUT2D eigenvalue weighted by molar-refractivity contribution is -0.140. The molecule has 1 N–H and O–H groups in total. The quantitative estimate of drug-likeness (QED) is 0.321. The summed E-state index contributed by atoms with van der Waals surface area (Å²) in [6, 6.07) is 3.37. The highest BCUT2D eigenvalue weighted by molar-refractivity contribution is 14.1. The number of hydrogen-bond donors (Lipinski definition) is 1. The smallest absolute Gasteiger partial charge is 0.254 e. The maximum Gasteiger partial charge on any atom is 0.254 e. The molecule has 4 unspecified atom stereocenters. The number of phenols is 1. The van der Waals surface area contributed by atoms with Gasteiger partial charge in [0.05, 0.1) is 28.2 Å². The molecule has 26 heavy (non-hydrogen) atoms. The number of imide groups is 1. The molecule has 4 aliphatic rings. The number of aromatic hydroxyl groups is 1. The predicted octanol–water partition coefficient (Wildman–Crippen LogP) is 2.93. The zero-order valence-electron chi connectivity index (χ0n) is 14.3. The Labute approximate surface area is 165 Å². The second-order valence-electron chi connectivity index (χ2n) is 6.86. The molecule has 1 aromatic carbocycles. The molecule has 2 fully saturated rings. The molecule has 0 spiro atoms. The number of nitrogens with zero attached hydrogens (tertiary/aromatic N) is 2. The van der Waals surface area contributed by atoms with Gasteiger partial charge >= 0.3 is 0 Å². The van der Waals surface area contributed by atoms with Crippen LogP contribution in [-0.2, 0) is 9.59 Å². The molecule has 4 atom stereocenters. The van der Waals surface area contributed by atoms with E-state index in [1.54, 1.807) is 12.1 Å². The van der Waals surface area contributed by atoms with Crippen molar-refractivity contribution in [1.29, 1.82) is 0 Å². The van der Waals surface area contributed by atoms with E-state index in [0.29, 0.717) is 21.5 Å². The Bertz CT molecular complexity index is 803. The molecule has 1 saturated carbocycles. The second-order valence-corrected chi connectivity index (χ2v) is 8.02. The predicted molar refractivity (Wildman–Crippen MR) is 104 cm³/mol. The molecule has 1 aromatic rings. The van der Waals surface area contributed by atoms with Crippen LogP contribution in [-0.4, -0.2) is 34.8 Å². The Balaban J connectivity index is 1.60. The number of benzene rings is 1. The second kappa shape index (κ2) is 6.68. The molecule has 5 rings (SSSR count). The van der Waals surface area contributed by atoms with Crippen molar-refractivity contribution in [3.8, 4) is 11.5 Å². The van der Waals surface area contributed by atoms with Gasteiger partial charge in [0.2, 0.25) is 0 Å². The summed E-state index contributed by atoms with van der Waals surface area (Å²) in [5, 5.41) is 15.2. The van der Waals surface area contributed by atoms with Crippen LogP contribution < -0.4 is 4.74 Å². The topological polar surface area (TPSA) is 79.2 Å². The van der Waals surface area contributed by atoms with Gasteiger partial charge in [-0.15, -0.1) is 0 Å². The van der Waals surface area contributed by atoms with Gasteiger partial charge < -0.3 is 9.84 Å². The number of allylic oxidation sites excluding steroid dienone is 2. The minimum Gasteiger partial charge on any atom is -0.504 e. The lowest BCUT2D eigenvalue weighted by Crippen LogP contribution is -2.38. The third-order valence-electron chi connectivity index (χ3n) is 5.41. The standard InChI is InChI=1S/C19H19IN2O4/c1-2-26-14-8-10(7-13(20)17(14)23)9-21-22-18(24)15-11-3-4-12(6-5-11)16(15)19(22)25/h3-4,7-9,11-12,15-16,23H,2,5-6H2,1H3/b21-9+. The zero-order chi connectivity index (χ0) is 18.4. The Morgan fingerprint density at radius 3 is 2.38 bits per heavy atom. The summed E-state index contributed by atoms with van der Waals surface area (Å²) in [5.41, 5.74) is 0.659. The van der Waals surface area contributed by atoms with Gasteiger partial charge in [0.15, 0.2) is 11.5 Å². The van der Waals surface area contributed by atoms with Crippen molar-refractivity contribution in [1.82, 2.24) is 5.01 Å². The lowest BCUT2D eigenvalue weighted by Gasteiger charge is -2.37. The normalized spacial score (nSPS) is 29.7. The number of carbonyl (C=O) groups is 2. The lowest BCUT2D eigenvalue weighted by atomic mass is 9.63. The molecule has 1 heterocycles. The molecule has 6 nitrogen and oxygen atoms in total. The number of hydrogen-bond acceptors (Lipinski definition) is 5. The summed E-state index contributed by atoms with van der Waals surface area (Å²) in [6.45, 7) is 2.26. The van der Waals surface area contributed by atoms with E-state index in [9.17, 15) is 14.7 Å². The monoisotopic (exact) mass is 466 g/mol. The van der Waals surface area contributed by atoms with E-state index in [4.69, 9.17) is 4.74 Å². The molecule has 0 aromatic heterocycles. The van der Waals surface area contributed by atoms with Crippen LogP contribution in [0.3, 0.4) is 0 Å². The van der Waals surface area contributed by atoms with Crippen molar-refractivity contribution in [3.05, 3.63) is 33.4 Å². The minimum atomic E-state index is -0.262. The molecule has 0 radical (unpaired) electrons. The highest BCUT2D eigenvalue weighted by atomic mass is 127. The summed E-state index contributed by atoms with van der Waals surface area (Å²) >= 11 is 2.00. The molecular weight excluding hydrogens is 447 g/mol. The van der Waals surface area contributed by atoms with Crippen LogP contribution in [0, 0.1) is 27.2 Å². The van der Waals surface area contributed by atoms with Crippen molar-refractivity contribution in [2.45, 2.75) is 19.8 Å². The molecule has 1 aliphatic heterocycles. The molecule has 136 valence electrons. The maximum absolute atomic E-state index is 12.7. The van der Waals surface area contributed by atoms with Gasteiger partial charge in [-0.2, -0.15) is 10.1 Å². The fourth-order valence-electron chi connectivity index (χ4n) is 4.23. The first-order valence-electron chi connectivity index (χ1n) is 8.76. The number of rotatable bonds is 4. The van der Waals surface area contributed by atoms with E-state index in [1.807, 2.05) is 29.5 Å². The highest BCUT2D eigenvalue weighted by Gasteiger charge is 2.56. The molecular formula is C19H19IN2O4. The van der Waals surface area contributed by atoms with E-state index in [0.717, 1.165) is 17.9 Å². The van der Waals surface area contributed by atoms with E-state index in [2.05, 4.69) is 17.3 Å². The molecule has 1 saturated heterocycles.